The van der Waals surface area contributed by atoms with Gasteiger partial charge >= 0.3 is 11.9 Å². The number of aromatic nitrogens is 1. The van der Waals surface area contributed by atoms with Gasteiger partial charge in [-0.05, 0) is 18.4 Å². The minimum atomic E-state index is -0.476. The van der Waals surface area contributed by atoms with Crippen molar-refractivity contribution in [3.63, 3.8) is 0 Å². The van der Waals surface area contributed by atoms with Crippen LogP contribution in [0.2, 0.25) is 0 Å². The van der Waals surface area contributed by atoms with Crippen molar-refractivity contribution < 1.29 is 29.4 Å². The van der Waals surface area contributed by atoms with E-state index >= 15 is 0 Å². The van der Waals surface area contributed by atoms with E-state index in [1.165, 1.54) is 31.4 Å². The molecule has 2 N–H and O–H groups in total. The molecule has 0 fully saturated rings. The number of benzene rings is 1. The van der Waals surface area contributed by atoms with Gasteiger partial charge in [-0.15, -0.1) is 4.73 Å². The minimum Gasteiger partial charge on any atom is -0.492 e. The predicted molar refractivity (Wildman–Crippen MR) is 121 cm³/mol. The van der Waals surface area contributed by atoms with Crippen LogP contribution in [-0.2, 0) is 20.9 Å². The highest BCUT2D eigenvalue weighted by molar-refractivity contribution is 5.70. The van der Waals surface area contributed by atoms with Crippen LogP contribution in [0.4, 0.5) is 0 Å². The van der Waals surface area contributed by atoms with E-state index < -0.39 is 5.97 Å². The summed E-state index contributed by atoms with van der Waals surface area (Å²) in [6.45, 7) is 0.348. The molecule has 2 rings (SSSR count). The first-order valence-electron chi connectivity index (χ1n) is 11.6. The third-order valence-electron chi connectivity index (χ3n) is 5.25. The average molecular weight is 446 g/mol. The van der Waals surface area contributed by atoms with Gasteiger partial charge in [0.25, 0.3) is 0 Å². The van der Waals surface area contributed by atoms with Crippen LogP contribution in [0.15, 0.2) is 42.5 Å². The average Bonchev–Trinajstić information content (AvgIpc) is 3.11. The SMILES string of the molecule is O=C(CCCCCCCCCCCCC(=O)On1c(O)ccc1O)OCc1ccccc1. The largest absolute Gasteiger partial charge is 0.492 e. The fourth-order valence-corrected chi connectivity index (χ4v) is 3.41. The Morgan fingerprint density at radius 2 is 1.12 bits per heavy atom. The Balaban J connectivity index is 1.34. The van der Waals surface area contributed by atoms with Gasteiger partial charge in [-0.3, -0.25) is 4.79 Å². The van der Waals surface area contributed by atoms with Crippen molar-refractivity contribution in [2.45, 2.75) is 83.7 Å². The Kier molecular flexibility index (Phi) is 11.8. The van der Waals surface area contributed by atoms with Crippen LogP contribution in [0.5, 0.6) is 11.8 Å². The van der Waals surface area contributed by atoms with Gasteiger partial charge in [-0.25, -0.2) is 4.79 Å². The summed E-state index contributed by atoms with van der Waals surface area (Å²) in [5.41, 5.74) is 1.01. The maximum atomic E-state index is 11.8. The molecular formula is C25H35NO6. The van der Waals surface area contributed by atoms with E-state index in [0.29, 0.717) is 13.0 Å². The molecule has 2 aromatic rings. The number of nitrogens with zero attached hydrogens (tertiary/aromatic N) is 1. The first-order chi connectivity index (χ1) is 15.6. The molecule has 0 spiro atoms. The van der Waals surface area contributed by atoms with Gasteiger partial charge in [-0.1, -0.05) is 81.7 Å². The van der Waals surface area contributed by atoms with Crippen molar-refractivity contribution in [3.8, 4) is 11.8 Å². The van der Waals surface area contributed by atoms with Crippen LogP contribution in [0.25, 0.3) is 0 Å². The van der Waals surface area contributed by atoms with Crippen LogP contribution in [0, 0.1) is 0 Å². The first kappa shape index (κ1) is 25.3. The second kappa shape index (κ2) is 14.9. The van der Waals surface area contributed by atoms with Gasteiger partial charge in [0.05, 0.1) is 0 Å². The van der Waals surface area contributed by atoms with Gasteiger partial charge in [-0.2, -0.15) is 0 Å². The number of carbonyl (C=O) groups excluding carboxylic acids is 2. The monoisotopic (exact) mass is 445 g/mol. The summed E-state index contributed by atoms with van der Waals surface area (Å²) in [4.78, 5) is 28.4. The molecule has 7 heteroatoms. The highest BCUT2D eigenvalue weighted by atomic mass is 16.7. The molecule has 0 saturated heterocycles. The van der Waals surface area contributed by atoms with Gasteiger partial charge in [0, 0.05) is 25.0 Å². The summed E-state index contributed by atoms with van der Waals surface area (Å²) >= 11 is 0. The maximum absolute atomic E-state index is 11.8. The molecule has 7 nitrogen and oxygen atoms in total. The Hall–Kier alpha value is -2.96. The standard InChI is InChI=1S/C25H35NO6/c27-22-18-19-23(28)26(22)32-25(30)17-13-8-6-4-2-1-3-5-7-12-16-24(29)31-20-21-14-10-9-11-15-21/h9-11,14-15,18-19,27-28H,1-8,12-13,16-17,20H2. The molecule has 0 radical (unpaired) electrons. The Labute approximate surface area is 189 Å². The molecule has 0 atom stereocenters. The van der Waals surface area contributed by atoms with Gasteiger partial charge in [0.2, 0.25) is 11.8 Å². The summed E-state index contributed by atoms with van der Waals surface area (Å²) < 4.78 is 6.00. The molecule has 0 aliphatic heterocycles. The molecule has 0 aliphatic carbocycles. The van der Waals surface area contributed by atoms with Crippen molar-refractivity contribution in [2.75, 3.05) is 0 Å². The van der Waals surface area contributed by atoms with Crippen LogP contribution in [-0.4, -0.2) is 26.9 Å². The topological polar surface area (TPSA) is 98.0 Å². The van der Waals surface area contributed by atoms with Crippen molar-refractivity contribution in [3.05, 3.63) is 48.0 Å². The highest BCUT2D eigenvalue weighted by Crippen LogP contribution is 2.19. The van der Waals surface area contributed by atoms with E-state index in [4.69, 9.17) is 9.57 Å². The number of rotatable bonds is 16. The molecule has 1 heterocycles. The van der Waals surface area contributed by atoms with E-state index in [-0.39, 0.29) is 24.2 Å². The van der Waals surface area contributed by atoms with E-state index in [1.807, 2.05) is 30.3 Å². The van der Waals surface area contributed by atoms with Crippen LogP contribution in [0.1, 0.15) is 82.6 Å². The lowest BCUT2D eigenvalue weighted by atomic mass is 10.1. The molecule has 32 heavy (non-hydrogen) atoms. The Morgan fingerprint density at radius 1 is 0.656 bits per heavy atom. The molecule has 1 aromatic carbocycles. The number of ether oxygens (including phenoxy) is 1. The first-order valence-corrected chi connectivity index (χ1v) is 11.6. The molecule has 0 saturated carbocycles. The highest BCUT2D eigenvalue weighted by Gasteiger charge is 2.11. The van der Waals surface area contributed by atoms with Crippen molar-refractivity contribution in [1.82, 2.24) is 4.73 Å². The van der Waals surface area contributed by atoms with Crippen LogP contribution < -0.4 is 4.84 Å². The quantitative estimate of drug-likeness (QED) is 0.269. The fourth-order valence-electron chi connectivity index (χ4n) is 3.41. The second-order valence-corrected chi connectivity index (χ2v) is 7.99. The van der Waals surface area contributed by atoms with Crippen LogP contribution >= 0.6 is 0 Å². The van der Waals surface area contributed by atoms with Crippen molar-refractivity contribution in [2.24, 2.45) is 0 Å². The van der Waals surface area contributed by atoms with Gasteiger partial charge in [0.1, 0.15) is 6.61 Å². The zero-order valence-corrected chi connectivity index (χ0v) is 18.7. The van der Waals surface area contributed by atoms with Crippen molar-refractivity contribution in [1.29, 1.82) is 0 Å². The van der Waals surface area contributed by atoms with Crippen molar-refractivity contribution >= 4 is 11.9 Å². The molecule has 0 aliphatic rings. The smallest absolute Gasteiger partial charge is 0.333 e. The molecular weight excluding hydrogens is 410 g/mol. The number of unbranched alkanes of at least 4 members (excludes halogenated alkanes) is 9. The maximum Gasteiger partial charge on any atom is 0.333 e. The number of hydrogen-bond acceptors (Lipinski definition) is 6. The lowest BCUT2D eigenvalue weighted by Crippen LogP contribution is -2.18. The molecule has 1 aromatic heterocycles. The number of hydrogen-bond donors (Lipinski definition) is 2. The fraction of sp³-hybridized carbons (Fsp3) is 0.520. The van der Waals surface area contributed by atoms with E-state index in [2.05, 4.69) is 0 Å². The predicted octanol–water partition coefficient (Wildman–Crippen LogP) is 5.28. The number of esters is 1. The summed E-state index contributed by atoms with van der Waals surface area (Å²) in [6, 6.07) is 12.2. The molecule has 0 unspecified atom stereocenters. The second-order valence-electron chi connectivity index (χ2n) is 7.99. The molecule has 0 amide bonds. The summed E-state index contributed by atoms with van der Waals surface area (Å²) in [6.07, 6.45) is 11.2. The lowest BCUT2D eigenvalue weighted by Gasteiger charge is -2.07. The molecule has 176 valence electrons. The Bertz CT molecular complexity index is 783. The summed E-state index contributed by atoms with van der Waals surface area (Å²) in [5, 5.41) is 18.9. The van der Waals surface area contributed by atoms with E-state index in [1.54, 1.807) is 0 Å². The molecule has 0 bridgehead atoms. The normalized spacial score (nSPS) is 10.8. The number of carbonyl (C=O) groups is 2. The van der Waals surface area contributed by atoms with E-state index in [9.17, 15) is 19.8 Å². The third-order valence-corrected chi connectivity index (χ3v) is 5.25. The van der Waals surface area contributed by atoms with E-state index in [0.717, 1.165) is 55.2 Å². The third kappa shape index (κ3) is 10.4. The Morgan fingerprint density at radius 3 is 1.66 bits per heavy atom. The van der Waals surface area contributed by atoms with Gasteiger partial charge < -0.3 is 19.8 Å². The zero-order chi connectivity index (χ0) is 23.0. The summed E-state index contributed by atoms with van der Waals surface area (Å²) in [5.74, 6) is -1.21. The zero-order valence-electron chi connectivity index (χ0n) is 18.7. The lowest BCUT2D eigenvalue weighted by molar-refractivity contribution is -0.146. The summed E-state index contributed by atoms with van der Waals surface area (Å²) in [7, 11) is 0. The van der Waals surface area contributed by atoms with Gasteiger partial charge in [0.15, 0.2) is 0 Å². The number of aromatic hydroxyl groups is 2. The van der Waals surface area contributed by atoms with Crippen LogP contribution in [0.3, 0.4) is 0 Å². The minimum absolute atomic E-state index is 0.125.